The molecular formula is C96H103Cl3N4NiO8. The quantitative estimate of drug-likeness (QED) is 0.0681. The van der Waals surface area contributed by atoms with Gasteiger partial charge in [0.05, 0.1) is 5.02 Å². The minimum atomic E-state index is -0.0393. The summed E-state index contributed by atoms with van der Waals surface area (Å²) in [6.45, 7) is 51.3. The minimum absolute atomic E-state index is 0. The zero-order valence-corrected chi connectivity index (χ0v) is 72.2. The number of nitrogens with zero attached hydrogens (tertiary/aromatic N) is 4. The van der Waals surface area contributed by atoms with Gasteiger partial charge in [-0.2, -0.15) is 0 Å². The van der Waals surface area contributed by atoms with Crippen LogP contribution in [0.15, 0.2) is 220 Å². The molecule has 0 saturated heterocycles. The summed E-state index contributed by atoms with van der Waals surface area (Å²) in [5.74, 6) is 7.21. The van der Waals surface area contributed by atoms with Crippen LogP contribution in [0.3, 0.4) is 0 Å². The molecule has 4 heterocycles. The predicted octanol–water partition coefficient (Wildman–Crippen LogP) is 27.2. The molecule has 0 unspecified atom stereocenters. The van der Waals surface area contributed by atoms with Crippen LogP contribution in [0.5, 0.6) is 63.5 Å². The van der Waals surface area contributed by atoms with E-state index in [1.54, 1.807) is 18.2 Å². The average molecular weight is 1610 g/mol. The molecule has 0 bridgehead atoms. The first-order chi connectivity index (χ1) is 51.9. The van der Waals surface area contributed by atoms with Crippen LogP contribution in [0, 0.1) is 41.5 Å². The van der Waals surface area contributed by atoms with Crippen molar-refractivity contribution in [1.29, 1.82) is 0 Å². The molecule has 112 heavy (non-hydrogen) atoms. The number of aromatic nitrogens is 2. The summed E-state index contributed by atoms with van der Waals surface area (Å²) >= 11 is 20.9. The van der Waals surface area contributed by atoms with E-state index in [1.807, 2.05) is 137 Å². The SMILES string of the molecule is Cc1cc(C)c(O/C(=C2/N=C(Oc3ccc(C(C)(C)C)cc3)C=C2Oc2ccc(C(C)(C)C)cc2)c2cc(Cl)c(Oc3ccc(C(C)(C)C)cc3)[n-]2)c(C)c1.Cc1cc(C)c(O/C(=C2\C=C(Cl)C(Oc3ccc(C(C)(C)C)cc3)=N2)c2[n-]c(Oc3ccc(C(C)(C)C)cc3)c(Cl)c2Oc2ccc(C(C)(C)C)cc2)c(C)c1.[Ni+2]. The van der Waals surface area contributed by atoms with Crippen LogP contribution < -0.4 is 47.9 Å². The zero-order valence-electron chi connectivity index (χ0n) is 68.9. The standard InChI is InChI=1S/C48H51Cl2N2O4.C48H52ClN2O4.Ni/c1-28-25-29(2)41(30(3)26-28)56-42(38-27-37(49)44(51-38)54-35-21-15-32(16-22-35)47(7,8)9)40-43(53-34-19-13-31(14-20-34)46(4,5)6)39(50)45(52-40)55-36-23-17-33(18-24-36)48(10,11)12;1-29-25-30(2)43(31(3)26-29)55-44(39-27-38(49)45(50-39)54-37-23-17-34(18-24-37)48(10,11)12)42-40(52-35-19-13-32(14-20-35)46(4,5)6)28-41(51-42)53-36-21-15-33(16-22-36)47(7,8)9;/h13-27H,1-12H3;13-28H,1-12H3;/q2*-1;+2/b42-38+;44-42+;. The first-order valence-electron chi connectivity index (χ1n) is 37.6. The van der Waals surface area contributed by atoms with Gasteiger partial charge in [0.2, 0.25) is 11.8 Å². The van der Waals surface area contributed by atoms with Gasteiger partial charge in [-0.1, -0.05) is 279 Å². The van der Waals surface area contributed by atoms with Gasteiger partial charge in [-0.15, -0.1) is 0 Å². The molecule has 2 aliphatic rings. The Hall–Kier alpha value is -9.62. The van der Waals surface area contributed by atoms with Crippen LogP contribution >= 0.6 is 34.8 Å². The van der Waals surface area contributed by atoms with Crippen LogP contribution in [0.1, 0.15) is 203 Å². The Morgan fingerprint density at radius 2 is 0.670 bits per heavy atom. The van der Waals surface area contributed by atoms with Crippen molar-refractivity contribution < 1.29 is 54.4 Å². The number of halogens is 3. The Labute approximate surface area is 688 Å². The summed E-state index contributed by atoms with van der Waals surface area (Å²) in [5, 5.41) is 0.800. The number of hydrogen-bond donors (Lipinski definition) is 0. The van der Waals surface area contributed by atoms with E-state index >= 15 is 0 Å². The van der Waals surface area contributed by atoms with Gasteiger partial charge in [-0.05, 0) is 214 Å². The third-order valence-electron chi connectivity index (χ3n) is 19.1. The molecule has 2 aromatic heterocycles. The number of benzene rings is 8. The smallest absolute Gasteiger partial charge is 0.623 e. The van der Waals surface area contributed by atoms with Gasteiger partial charge in [-0.25, -0.2) is 9.98 Å². The normalized spacial score (nSPS) is 14.2. The number of hydrogen-bond acceptors (Lipinski definition) is 10. The molecule has 16 heteroatoms. The number of ether oxygens (including phenoxy) is 8. The molecule has 0 aliphatic carbocycles. The van der Waals surface area contributed by atoms with Gasteiger partial charge in [0.1, 0.15) is 79.0 Å². The minimum Gasteiger partial charge on any atom is -0.623 e. The van der Waals surface area contributed by atoms with Crippen LogP contribution in [0.25, 0.3) is 11.5 Å². The van der Waals surface area contributed by atoms with E-state index in [1.165, 1.54) is 27.8 Å². The summed E-state index contributed by atoms with van der Waals surface area (Å²) in [6.07, 6.45) is 3.48. The Morgan fingerprint density at radius 1 is 0.339 bits per heavy atom. The van der Waals surface area contributed by atoms with Crippen molar-refractivity contribution in [2.24, 2.45) is 9.98 Å². The molecule has 12 nitrogen and oxygen atoms in total. The van der Waals surface area contributed by atoms with Crippen LogP contribution in [0.2, 0.25) is 10.0 Å². The molecular weight excluding hydrogens is 1500 g/mol. The third kappa shape index (κ3) is 20.8. The van der Waals surface area contributed by atoms with Gasteiger partial charge in [0.15, 0.2) is 11.5 Å². The molecule has 12 rings (SSSR count). The van der Waals surface area contributed by atoms with Crippen molar-refractivity contribution in [3.05, 3.63) is 298 Å². The predicted molar refractivity (Wildman–Crippen MR) is 456 cm³/mol. The van der Waals surface area contributed by atoms with E-state index in [2.05, 4.69) is 199 Å². The summed E-state index contributed by atoms with van der Waals surface area (Å²) in [6, 6.07) is 57.9. The molecule has 10 aromatic rings. The van der Waals surface area contributed by atoms with E-state index in [4.69, 9.17) is 92.7 Å². The van der Waals surface area contributed by atoms with E-state index in [9.17, 15) is 0 Å². The van der Waals surface area contributed by atoms with Crippen molar-refractivity contribution in [2.75, 3.05) is 0 Å². The van der Waals surface area contributed by atoms with Gasteiger partial charge in [0.25, 0.3) is 0 Å². The van der Waals surface area contributed by atoms with E-state index in [-0.39, 0.29) is 88.9 Å². The summed E-state index contributed by atoms with van der Waals surface area (Å²) in [7, 11) is 0. The van der Waals surface area contributed by atoms with Gasteiger partial charge in [0, 0.05) is 17.8 Å². The molecule has 586 valence electrons. The first kappa shape index (κ1) is 84.8. The molecule has 0 saturated carbocycles. The Morgan fingerprint density at radius 3 is 1.04 bits per heavy atom. The van der Waals surface area contributed by atoms with Crippen molar-refractivity contribution in [2.45, 2.75) is 199 Å². The third-order valence-corrected chi connectivity index (χ3v) is 19.9. The van der Waals surface area contributed by atoms with E-state index in [0.717, 1.165) is 38.9 Å². The topological polar surface area (TPSA) is 127 Å². The van der Waals surface area contributed by atoms with Crippen molar-refractivity contribution in [3.8, 4) is 63.5 Å². The fourth-order valence-corrected chi connectivity index (χ4v) is 13.2. The second-order valence-electron chi connectivity index (χ2n) is 34.9. The molecule has 8 aromatic carbocycles. The summed E-state index contributed by atoms with van der Waals surface area (Å²) < 4.78 is 52.2. The van der Waals surface area contributed by atoms with Gasteiger partial charge < -0.3 is 47.9 Å². The maximum Gasteiger partial charge on any atom is 2.00 e. The Kier molecular flexibility index (Phi) is 25.4. The second-order valence-corrected chi connectivity index (χ2v) is 36.1. The average Bonchev–Trinajstić information content (AvgIpc) is 1.63. The van der Waals surface area contributed by atoms with Crippen molar-refractivity contribution >= 4 is 58.1 Å². The summed E-state index contributed by atoms with van der Waals surface area (Å²) in [4.78, 5) is 19.7. The van der Waals surface area contributed by atoms with Crippen LogP contribution in [0.4, 0.5) is 0 Å². The number of aryl methyl sites for hydroxylation is 6. The van der Waals surface area contributed by atoms with E-state index in [0.29, 0.717) is 90.6 Å². The maximum absolute atomic E-state index is 7.19. The zero-order chi connectivity index (χ0) is 80.6. The maximum atomic E-state index is 7.19. The second kappa shape index (κ2) is 33.6. The van der Waals surface area contributed by atoms with Crippen molar-refractivity contribution in [3.63, 3.8) is 0 Å². The largest absolute Gasteiger partial charge is 2.00 e. The number of aliphatic imine (C=N–C) groups is 2. The van der Waals surface area contributed by atoms with Crippen LogP contribution in [-0.4, -0.2) is 11.8 Å². The Bertz CT molecular complexity index is 5220. The molecule has 0 atom stereocenters. The molecule has 0 radical (unpaired) electrons. The van der Waals surface area contributed by atoms with Gasteiger partial charge >= 0.3 is 16.5 Å². The van der Waals surface area contributed by atoms with Crippen molar-refractivity contribution in [1.82, 2.24) is 9.97 Å². The van der Waals surface area contributed by atoms with E-state index < -0.39 is 0 Å². The fraction of sp³-hybridized carbons (Fsp3) is 0.312. The molecule has 2 aliphatic heterocycles. The Balaban J connectivity index is 0.000000236. The van der Waals surface area contributed by atoms with Gasteiger partial charge in [-0.3, -0.25) is 0 Å². The molecule has 0 spiro atoms. The monoisotopic (exact) mass is 1600 g/mol. The van der Waals surface area contributed by atoms with Crippen LogP contribution in [-0.2, 0) is 49.0 Å². The summed E-state index contributed by atoms with van der Waals surface area (Å²) in [5.41, 5.74) is 14.6. The first-order valence-corrected chi connectivity index (χ1v) is 38.7. The molecule has 0 N–H and O–H groups in total. The molecule has 0 fully saturated rings. The fourth-order valence-electron chi connectivity index (χ4n) is 12.7. The molecule has 0 amide bonds. The number of rotatable bonds is 16. The number of allylic oxidation sites excluding steroid dienone is 1.